The first-order chi connectivity index (χ1) is 4.86. The van der Waals surface area contributed by atoms with Gasteiger partial charge in [-0.3, -0.25) is 4.90 Å². The molecule has 0 bridgehead atoms. The van der Waals surface area contributed by atoms with E-state index in [2.05, 4.69) is 24.1 Å². The third-order valence-corrected chi connectivity index (χ3v) is 2.41. The van der Waals surface area contributed by atoms with Crippen molar-refractivity contribution < 1.29 is 5.32 Å². The highest BCUT2D eigenvalue weighted by molar-refractivity contribution is 4.64. The van der Waals surface area contributed by atoms with Gasteiger partial charge in [0.15, 0.2) is 0 Å². The second kappa shape index (κ2) is 3.94. The first-order valence-electron chi connectivity index (χ1n) is 4.42. The number of nitrogens with zero attached hydrogens (tertiary/aromatic N) is 1. The Morgan fingerprint density at radius 1 is 1.50 bits per heavy atom. The summed E-state index contributed by atoms with van der Waals surface area (Å²) in [4.78, 5) is 2.54. The van der Waals surface area contributed by atoms with Crippen LogP contribution in [0.5, 0.6) is 0 Å². The van der Waals surface area contributed by atoms with E-state index >= 15 is 0 Å². The highest BCUT2D eigenvalue weighted by atomic mass is 15.2. The van der Waals surface area contributed by atoms with Gasteiger partial charge in [-0.25, -0.2) is 0 Å². The zero-order chi connectivity index (χ0) is 7.40. The van der Waals surface area contributed by atoms with E-state index in [1.54, 1.807) is 0 Å². The molecular formula is C8H19N2+. The minimum Gasteiger partial charge on any atom is -0.342 e. The Hall–Kier alpha value is -0.0800. The Balaban J connectivity index is 2.25. The van der Waals surface area contributed by atoms with E-state index in [1.807, 2.05) is 0 Å². The summed E-state index contributed by atoms with van der Waals surface area (Å²) in [5.41, 5.74) is 0. The summed E-state index contributed by atoms with van der Waals surface area (Å²) in [5.74, 6) is 0. The molecule has 0 amide bonds. The Labute approximate surface area is 63.6 Å². The van der Waals surface area contributed by atoms with E-state index in [0.29, 0.717) is 0 Å². The molecule has 0 aromatic rings. The number of nitrogens with two attached hydrogens (primary N) is 1. The van der Waals surface area contributed by atoms with Crippen LogP contribution in [0.1, 0.15) is 20.3 Å². The molecule has 0 saturated carbocycles. The van der Waals surface area contributed by atoms with Gasteiger partial charge in [-0.15, -0.1) is 0 Å². The summed E-state index contributed by atoms with van der Waals surface area (Å²) in [6.07, 6.45) is 1.32. The number of piperazine rings is 1. The predicted molar refractivity (Wildman–Crippen MR) is 43.0 cm³/mol. The van der Waals surface area contributed by atoms with Crippen molar-refractivity contribution in [1.82, 2.24) is 4.90 Å². The van der Waals surface area contributed by atoms with Gasteiger partial charge in [0, 0.05) is 6.54 Å². The molecule has 1 rings (SSSR count). The number of quaternary nitrogens is 1. The van der Waals surface area contributed by atoms with Crippen LogP contribution in [0.3, 0.4) is 0 Å². The third-order valence-electron chi connectivity index (χ3n) is 2.41. The monoisotopic (exact) mass is 143 g/mol. The Bertz CT molecular complexity index is 83.3. The zero-order valence-corrected chi connectivity index (χ0v) is 7.14. The van der Waals surface area contributed by atoms with Gasteiger partial charge >= 0.3 is 0 Å². The normalized spacial score (nSPS) is 28.8. The lowest BCUT2D eigenvalue weighted by molar-refractivity contribution is -0.698. The molecule has 0 aliphatic carbocycles. The minimum absolute atomic E-state index is 0.869. The molecule has 1 saturated heterocycles. The molecule has 1 aliphatic rings. The molecule has 1 fully saturated rings. The summed E-state index contributed by atoms with van der Waals surface area (Å²) in [7, 11) is 0. The van der Waals surface area contributed by atoms with Gasteiger partial charge in [-0.2, -0.15) is 0 Å². The Morgan fingerprint density at radius 2 is 2.30 bits per heavy atom. The van der Waals surface area contributed by atoms with E-state index in [1.165, 1.54) is 32.6 Å². The van der Waals surface area contributed by atoms with Crippen molar-refractivity contribution in [3.8, 4) is 0 Å². The van der Waals surface area contributed by atoms with E-state index in [9.17, 15) is 0 Å². The number of hydrogen-bond donors (Lipinski definition) is 1. The van der Waals surface area contributed by atoms with E-state index in [0.717, 1.165) is 6.04 Å². The number of rotatable bonds is 2. The quantitative estimate of drug-likeness (QED) is 0.561. The molecule has 1 atom stereocenters. The van der Waals surface area contributed by atoms with Crippen LogP contribution in [0.15, 0.2) is 0 Å². The SMILES string of the molecule is CCC1CN(CC)CC[NH2+]1. The van der Waals surface area contributed by atoms with Gasteiger partial charge in [-0.05, 0) is 13.0 Å². The van der Waals surface area contributed by atoms with Crippen molar-refractivity contribution >= 4 is 0 Å². The molecule has 1 heterocycles. The van der Waals surface area contributed by atoms with E-state index < -0.39 is 0 Å². The molecule has 1 unspecified atom stereocenters. The topological polar surface area (TPSA) is 19.9 Å². The second-order valence-corrected chi connectivity index (χ2v) is 3.09. The minimum atomic E-state index is 0.869. The summed E-state index contributed by atoms with van der Waals surface area (Å²) in [5, 5.41) is 2.48. The summed E-state index contributed by atoms with van der Waals surface area (Å²) in [6.45, 7) is 9.63. The van der Waals surface area contributed by atoms with Crippen molar-refractivity contribution in [2.45, 2.75) is 26.3 Å². The number of likely N-dealkylation sites (N-methyl/N-ethyl adjacent to an activating group) is 1. The van der Waals surface area contributed by atoms with Crippen LogP contribution in [0.4, 0.5) is 0 Å². The van der Waals surface area contributed by atoms with Crippen LogP contribution in [0, 0.1) is 0 Å². The van der Waals surface area contributed by atoms with Gasteiger partial charge < -0.3 is 5.32 Å². The fourth-order valence-corrected chi connectivity index (χ4v) is 1.57. The molecule has 1 aliphatic heterocycles. The molecule has 60 valence electrons. The molecule has 0 spiro atoms. The summed E-state index contributed by atoms with van der Waals surface area (Å²) < 4.78 is 0. The van der Waals surface area contributed by atoms with Crippen LogP contribution in [-0.4, -0.2) is 37.1 Å². The lowest BCUT2D eigenvalue weighted by atomic mass is 10.1. The maximum Gasteiger partial charge on any atom is 0.0985 e. The first-order valence-corrected chi connectivity index (χ1v) is 4.42. The number of hydrogen-bond acceptors (Lipinski definition) is 1. The molecule has 0 aromatic carbocycles. The van der Waals surface area contributed by atoms with Gasteiger partial charge in [0.1, 0.15) is 0 Å². The van der Waals surface area contributed by atoms with Crippen LogP contribution in [0.2, 0.25) is 0 Å². The van der Waals surface area contributed by atoms with Crippen LogP contribution < -0.4 is 5.32 Å². The van der Waals surface area contributed by atoms with Crippen molar-refractivity contribution in [2.24, 2.45) is 0 Å². The average molecular weight is 143 g/mol. The Kier molecular flexibility index (Phi) is 3.16. The largest absolute Gasteiger partial charge is 0.342 e. The first kappa shape index (κ1) is 8.02. The molecule has 0 radical (unpaired) electrons. The maximum atomic E-state index is 2.54. The van der Waals surface area contributed by atoms with Gasteiger partial charge in [0.25, 0.3) is 0 Å². The molecule has 2 heteroatoms. The summed E-state index contributed by atoms with van der Waals surface area (Å²) in [6, 6.07) is 0.869. The van der Waals surface area contributed by atoms with Crippen LogP contribution >= 0.6 is 0 Å². The zero-order valence-electron chi connectivity index (χ0n) is 7.14. The average Bonchev–Trinajstić information content (AvgIpc) is 2.05. The van der Waals surface area contributed by atoms with E-state index in [-0.39, 0.29) is 0 Å². The molecule has 0 aromatic heterocycles. The third kappa shape index (κ3) is 1.96. The molecule has 2 N–H and O–H groups in total. The molecule has 2 nitrogen and oxygen atoms in total. The van der Waals surface area contributed by atoms with Crippen molar-refractivity contribution in [1.29, 1.82) is 0 Å². The highest BCUT2D eigenvalue weighted by Gasteiger charge is 2.18. The fourth-order valence-electron chi connectivity index (χ4n) is 1.57. The molecular weight excluding hydrogens is 124 g/mol. The van der Waals surface area contributed by atoms with Crippen molar-refractivity contribution in [3.05, 3.63) is 0 Å². The van der Waals surface area contributed by atoms with Gasteiger partial charge in [0.2, 0.25) is 0 Å². The van der Waals surface area contributed by atoms with Crippen LogP contribution in [0.25, 0.3) is 0 Å². The van der Waals surface area contributed by atoms with E-state index in [4.69, 9.17) is 0 Å². The fraction of sp³-hybridized carbons (Fsp3) is 1.00. The van der Waals surface area contributed by atoms with Gasteiger partial charge in [-0.1, -0.05) is 13.8 Å². The van der Waals surface area contributed by atoms with Crippen LogP contribution in [-0.2, 0) is 0 Å². The smallest absolute Gasteiger partial charge is 0.0985 e. The van der Waals surface area contributed by atoms with Crippen molar-refractivity contribution in [2.75, 3.05) is 26.2 Å². The predicted octanol–water partition coefficient (Wildman–Crippen LogP) is -0.336. The highest BCUT2D eigenvalue weighted by Crippen LogP contribution is 1.94. The van der Waals surface area contributed by atoms with Gasteiger partial charge in [0.05, 0.1) is 19.1 Å². The standard InChI is InChI=1S/C8H18N2/c1-3-8-7-10(4-2)6-5-9-8/h8-9H,3-7H2,1-2H3/p+1. The lowest BCUT2D eigenvalue weighted by Crippen LogP contribution is -2.95. The second-order valence-electron chi connectivity index (χ2n) is 3.09. The lowest BCUT2D eigenvalue weighted by Gasteiger charge is -2.29. The summed E-state index contributed by atoms with van der Waals surface area (Å²) >= 11 is 0. The Morgan fingerprint density at radius 3 is 2.90 bits per heavy atom. The van der Waals surface area contributed by atoms with Crippen molar-refractivity contribution in [3.63, 3.8) is 0 Å². The maximum absolute atomic E-state index is 2.54. The molecule has 10 heavy (non-hydrogen) atoms.